The van der Waals surface area contributed by atoms with Crippen molar-refractivity contribution < 1.29 is 4.74 Å². The summed E-state index contributed by atoms with van der Waals surface area (Å²) in [4.78, 5) is 13.6. The first-order valence-corrected chi connectivity index (χ1v) is 6.44. The summed E-state index contributed by atoms with van der Waals surface area (Å²) in [6.45, 7) is 4.76. The summed E-state index contributed by atoms with van der Waals surface area (Å²) in [5.74, 6) is 0. The van der Waals surface area contributed by atoms with Crippen LogP contribution in [0, 0.1) is 0 Å². The van der Waals surface area contributed by atoms with Crippen molar-refractivity contribution in [3.8, 4) is 0 Å². The Labute approximate surface area is 102 Å². The summed E-state index contributed by atoms with van der Waals surface area (Å²) in [5, 5.41) is 10.7. The van der Waals surface area contributed by atoms with E-state index in [1.807, 2.05) is 0 Å². The monoisotopic (exact) mass is 251 g/mol. The van der Waals surface area contributed by atoms with E-state index in [0.717, 1.165) is 23.3 Å². The largest absolute Gasteiger partial charge is 0.369 e. The molecule has 1 N–H and O–H groups in total. The molecule has 3 heterocycles. The van der Waals surface area contributed by atoms with Gasteiger partial charge in [-0.1, -0.05) is 12.1 Å². The molecular weight excluding hydrogens is 238 g/mol. The lowest BCUT2D eigenvalue weighted by Crippen LogP contribution is -2.34. The van der Waals surface area contributed by atoms with Gasteiger partial charge in [0.25, 0.3) is 5.56 Å². The summed E-state index contributed by atoms with van der Waals surface area (Å²) in [7, 11) is 0. The van der Waals surface area contributed by atoms with E-state index in [-0.39, 0.29) is 11.2 Å². The van der Waals surface area contributed by atoms with Crippen LogP contribution in [0.3, 0.4) is 0 Å². The van der Waals surface area contributed by atoms with Crippen molar-refractivity contribution in [2.24, 2.45) is 0 Å². The Balaban J connectivity index is 2.24. The highest BCUT2D eigenvalue weighted by atomic mass is 32.1. The molecule has 1 aliphatic rings. The number of ether oxygens (including phenoxy) is 1. The molecule has 0 unspecified atom stereocenters. The molecule has 0 radical (unpaired) electrons. The lowest BCUT2D eigenvalue weighted by Gasteiger charge is -2.32. The first-order valence-electron chi connectivity index (χ1n) is 5.62. The van der Waals surface area contributed by atoms with Crippen LogP contribution in [-0.4, -0.2) is 21.0 Å². The number of nitrogens with zero attached hydrogens (tertiary/aromatic N) is 2. The van der Waals surface area contributed by atoms with Crippen molar-refractivity contribution in [3.05, 3.63) is 20.8 Å². The van der Waals surface area contributed by atoms with E-state index in [1.165, 1.54) is 11.3 Å². The summed E-state index contributed by atoms with van der Waals surface area (Å²) in [6.07, 6.45) is 1.70. The van der Waals surface area contributed by atoms with Gasteiger partial charge in [0.05, 0.1) is 17.6 Å². The molecule has 0 spiro atoms. The van der Waals surface area contributed by atoms with Gasteiger partial charge in [0.2, 0.25) is 0 Å². The minimum Gasteiger partial charge on any atom is -0.369 e. The number of H-pyrrole nitrogens is 1. The van der Waals surface area contributed by atoms with Crippen molar-refractivity contribution in [1.82, 2.24) is 15.4 Å². The highest BCUT2D eigenvalue weighted by molar-refractivity contribution is 7.18. The van der Waals surface area contributed by atoms with Crippen LogP contribution in [0.1, 0.15) is 30.7 Å². The van der Waals surface area contributed by atoms with Crippen LogP contribution >= 0.6 is 11.3 Å². The topological polar surface area (TPSA) is 67.9 Å². The molecule has 1 atom stereocenters. The zero-order chi connectivity index (χ0) is 12.0. The molecule has 0 aliphatic carbocycles. The Morgan fingerprint density at radius 1 is 1.59 bits per heavy atom. The second-order valence-corrected chi connectivity index (χ2v) is 5.68. The Kier molecular flexibility index (Phi) is 2.31. The maximum absolute atomic E-state index is 11.8. The molecule has 3 rings (SSSR count). The van der Waals surface area contributed by atoms with Crippen LogP contribution in [0.4, 0.5) is 0 Å². The van der Waals surface area contributed by atoms with Crippen LogP contribution in [0.15, 0.2) is 4.79 Å². The van der Waals surface area contributed by atoms with Crippen LogP contribution in [0.2, 0.25) is 0 Å². The molecule has 0 amide bonds. The van der Waals surface area contributed by atoms with E-state index in [2.05, 4.69) is 29.3 Å². The minimum absolute atomic E-state index is 0.146. The van der Waals surface area contributed by atoms with Gasteiger partial charge in [-0.2, -0.15) is 0 Å². The Bertz CT molecular complexity index is 633. The average Bonchev–Trinajstić information content (AvgIpc) is 2.68. The molecular formula is C11H13N3O2S. The zero-order valence-electron chi connectivity index (χ0n) is 9.74. The van der Waals surface area contributed by atoms with E-state index < -0.39 is 0 Å². The van der Waals surface area contributed by atoms with Gasteiger partial charge in [-0.15, -0.1) is 16.4 Å². The Hall–Kier alpha value is -1.27. The molecule has 2 aromatic heterocycles. The van der Waals surface area contributed by atoms with Crippen molar-refractivity contribution >= 4 is 21.6 Å². The number of aromatic nitrogens is 3. The standard InChI is InChI=1S/C11H13N3O2S/c1-3-11(2)4-6-7(5-16-11)17-10-8(6)9(15)12-14-13-10/h3-5H2,1-2H3,(H,12,13,15)/t11-/m1/s1. The average molecular weight is 251 g/mol. The quantitative estimate of drug-likeness (QED) is 0.836. The van der Waals surface area contributed by atoms with Gasteiger partial charge < -0.3 is 4.74 Å². The van der Waals surface area contributed by atoms with Gasteiger partial charge in [0, 0.05) is 11.3 Å². The fourth-order valence-corrected chi connectivity index (χ4v) is 3.22. The van der Waals surface area contributed by atoms with E-state index >= 15 is 0 Å². The molecule has 0 bridgehead atoms. The number of hydrogen-bond donors (Lipinski definition) is 1. The van der Waals surface area contributed by atoms with Crippen molar-refractivity contribution in [3.63, 3.8) is 0 Å². The Morgan fingerprint density at radius 3 is 3.18 bits per heavy atom. The first-order chi connectivity index (χ1) is 8.13. The number of fused-ring (bicyclic) bond motifs is 3. The molecule has 0 fully saturated rings. The lowest BCUT2D eigenvalue weighted by atomic mass is 9.90. The van der Waals surface area contributed by atoms with Gasteiger partial charge in [0.1, 0.15) is 0 Å². The van der Waals surface area contributed by atoms with E-state index in [9.17, 15) is 4.79 Å². The third-order valence-electron chi connectivity index (χ3n) is 3.44. The van der Waals surface area contributed by atoms with E-state index in [0.29, 0.717) is 16.8 Å². The molecule has 1 aliphatic heterocycles. The number of hydrogen-bond acceptors (Lipinski definition) is 5. The summed E-state index contributed by atoms with van der Waals surface area (Å²) < 4.78 is 5.86. The second-order valence-electron chi connectivity index (χ2n) is 4.59. The summed E-state index contributed by atoms with van der Waals surface area (Å²) >= 11 is 1.51. The number of thiophene rings is 1. The molecule has 0 saturated carbocycles. The van der Waals surface area contributed by atoms with Crippen molar-refractivity contribution in [1.29, 1.82) is 0 Å². The third kappa shape index (κ3) is 1.59. The normalized spacial score (nSPS) is 23.9. The van der Waals surface area contributed by atoms with Crippen molar-refractivity contribution in [2.45, 2.75) is 38.9 Å². The molecule has 5 nitrogen and oxygen atoms in total. The molecule has 17 heavy (non-hydrogen) atoms. The number of nitrogens with one attached hydrogen (secondary N) is 1. The van der Waals surface area contributed by atoms with Crippen LogP contribution in [-0.2, 0) is 17.8 Å². The number of aromatic amines is 1. The van der Waals surface area contributed by atoms with Gasteiger partial charge in [0.15, 0.2) is 4.83 Å². The third-order valence-corrected chi connectivity index (χ3v) is 4.53. The summed E-state index contributed by atoms with van der Waals surface area (Å²) in [5.41, 5.74) is 0.779. The molecule has 2 aromatic rings. The fourth-order valence-electron chi connectivity index (χ4n) is 2.17. The molecule has 90 valence electrons. The highest BCUT2D eigenvalue weighted by Crippen LogP contribution is 2.37. The smallest absolute Gasteiger partial charge is 0.276 e. The van der Waals surface area contributed by atoms with Gasteiger partial charge in [-0.05, 0) is 18.9 Å². The van der Waals surface area contributed by atoms with Crippen LogP contribution in [0.25, 0.3) is 10.2 Å². The maximum Gasteiger partial charge on any atom is 0.276 e. The van der Waals surface area contributed by atoms with E-state index in [1.54, 1.807) is 0 Å². The maximum atomic E-state index is 11.8. The molecule has 6 heteroatoms. The van der Waals surface area contributed by atoms with Gasteiger partial charge in [-0.25, -0.2) is 5.10 Å². The molecule has 0 saturated heterocycles. The zero-order valence-corrected chi connectivity index (χ0v) is 10.6. The predicted octanol–water partition coefficient (Wildman–Crippen LogP) is 1.62. The second kappa shape index (κ2) is 3.61. The summed E-state index contributed by atoms with van der Waals surface area (Å²) in [6, 6.07) is 0. The SMILES string of the molecule is CC[C@]1(C)Cc2c(sc3nn[nH]c(=O)c23)CO1. The van der Waals surface area contributed by atoms with Gasteiger partial charge >= 0.3 is 0 Å². The highest BCUT2D eigenvalue weighted by Gasteiger charge is 2.32. The van der Waals surface area contributed by atoms with Crippen molar-refractivity contribution in [2.75, 3.05) is 0 Å². The minimum atomic E-state index is -0.170. The predicted molar refractivity (Wildman–Crippen MR) is 65.2 cm³/mol. The van der Waals surface area contributed by atoms with Gasteiger partial charge in [-0.3, -0.25) is 4.79 Å². The van der Waals surface area contributed by atoms with Crippen LogP contribution < -0.4 is 5.56 Å². The van der Waals surface area contributed by atoms with Crippen LogP contribution in [0.5, 0.6) is 0 Å². The Morgan fingerprint density at radius 2 is 2.41 bits per heavy atom. The lowest BCUT2D eigenvalue weighted by molar-refractivity contribution is -0.0543. The molecule has 0 aromatic carbocycles. The van der Waals surface area contributed by atoms with E-state index in [4.69, 9.17) is 4.74 Å². The fraction of sp³-hybridized carbons (Fsp3) is 0.545. The first kappa shape index (κ1) is 10.9. The number of rotatable bonds is 1.